The predicted octanol–water partition coefficient (Wildman–Crippen LogP) is 1.21. The van der Waals surface area contributed by atoms with Gasteiger partial charge in [0, 0.05) is 27.4 Å². The fourth-order valence-corrected chi connectivity index (χ4v) is 3.61. The van der Waals surface area contributed by atoms with Gasteiger partial charge in [0.05, 0.1) is 12.3 Å². The topological polar surface area (TPSA) is 102 Å². The number of hydrogen-bond acceptors (Lipinski definition) is 5. The maximum Gasteiger partial charge on any atom is 0.500 e. The molecule has 0 aliphatic carbocycles. The van der Waals surface area contributed by atoms with Crippen LogP contribution in [0, 0.1) is 5.92 Å². The van der Waals surface area contributed by atoms with E-state index >= 15 is 0 Å². The van der Waals surface area contributed by atoms with Crippen LogP contribution in [0.25, 0.3) is 0 Å². The minimum Gasteiger partial charge on any atom is -0.481 e. The first-order chi connectivity index (χ1) is 8.90. The van der Waals surface area contributed by atoms with Crippen molar-refractivity contribution in [2.24, 2.45) is 5.92 Å². The van der Waals surface area contributed by atoms with Crippen LogP contribution in [0.1, 0.15) is 25.7 Å². The highest BCUT2D eigenvalue weighted by atomic mass is 28.4. The summed E-state index contributed by atoms with van der Waals surface area (Å²) >= 11 is 0. The third kappa shape index (κ3) is 6.67. The van der Waals surface area contributed by atoms with E-state index in [4.69, 9.17) is 23.5 Å². The van der Waals surface area contributed by atoms with Crippen LogP contribution in [0.2, 0.25) is 6.04 Å². The molecule has 0 aromatic rings. The fraction of sp³-hybridized carbons (Fsp3) is 0.818. The van der Waals surface area contributed by atoms with Gasteiger partial charge in [0.25, 0.3) is 0 Å². The maximum atomic E-state index is 10.9. The summed E-state index contributed by atoms with van der Waals surface area (Å²) in [5, 5.41) is 17.5. The van der Waals surface area contributed by atoms with Crippen LogP contribution in [0.4, 0.5) is 0 Å². The lowest BCUT2D eigenvalue weighted by atomic mass is 9.99. The van der Waals surface area contributed by atoms with E-state index in [1.165, 1.54) is 21.3 Å². The van der Waals surface area contributed by atoms with Crippen molar-refractivity contribution in [2.75, 3.05) is 21.3 Å². The lowest BCUT2D eigenvalue weighted by molar-refractivity contribution is -0.148. The van der Waals surface area contributed by atoms with Gasteiger partial charge in [-0.25, -0.2) is 0 Å². The van der Waals surface area contributed by atoms with Crippen molar-refractivity contribution in [2.45, 2.75) is 31.7 Å². The van der Waals surface area contributed by atoms with Gasteiger partial charge in [-0.15, -0.1) is 0 Å². The molecule has 0 saturated heterocycles. The Labute approximate surface area is 113 Å². The van der Waals surface area contributed by atoms with Crippen LogP contribution in [-0.2, 0) is 22.9 Å². The Morgan fingerprint density at radius 2 is 1.58 bits per heavy atom. The molecule has 7 nitrogen and oxygen atoms in total. The molecule has 0 amide bonds. The van der Waals surface area contributed by atoms with Gasteiger partial charge < -0.3 is 23.5 Å². The molecule has 0 aromatic carbocycles. The third-order valence-corrected chi connectivity index (χ3v) is 5.82. The van der Waals surface area contributed by atoms with E-state index in [0.29, 0.717) is 25.3 Å². The Balaban J connectivity index is 4.12. The van der Waals surface area contributed by atoms with Crippen molar-refractivity contribution in [1.82, 2.24) is 0 Å². The van der Waals surface area contributed by atoms with E-state index in [9.17, 15) is 9.59 Å². The molecule has 0 spiro atoms. The summed E-state index contributed by atoms with van der Waals surface area (Å²) in [6, 6.07) is 0.579. The van der Waals surface area contributed by atoms with E-state index in [1.54, 1.807) is 0 Å². The lowest BCUT2D eigenvalue weighted by Crippen LogP contribution is -2.42. The van der Waals surface area contributed by atoms with Crippen molar-refractivity contribution >= 4 is 20.7 Å². The second kappa shape index (κ2) is 9.02. The van der Waals surface area contributed by atoms with E-state index in [1.807, 2.05) is 0 Å². The monoisotopic (exact) mass is 294 g/mol. The lowest BCUT2D eigenvalue weighted by Gasteiger charge is -2.24. The number of carboxylic acid groups (broad SMARTS) is 2. The largest absolute Gasteiger partial charge is 0.500 e. The molecular weight excluding hydrogens is 272 g/mol. The average molecular weight is 294 g/mol. The summed E-state index contributed by atoms with van der Waals surface area (Å²) in [5.74, 6) is -3.01. The smallest absolute Gasteiger partial charge is 0.481 e. The van der Waals surface area contributed by atoms with Crippen LogP contribution in [-0.4, -0.2) is 52.3 Å². The molecule has 0 rings (SSSR count). The molecule has 0 radical (unpaired) electrons. The SMILES string of the molecule is CO[Si](CCCCC(CC(=O)O)C(=O)O)(OC)OC. The number of aliphatic carboxylic acids is 2. The Morgan fingerprint density at radius 3 is 1.95 bits per heavy atom. The molecule has 112 valence electrons. The van der Waals surface area contributed by atoms with Crippen molar-refractivity contribution in [1.29, 1.82) is 0 Å². The molecule has 0 aliphatic heterocycles. The van der Waals surface area contributed by atoms with E-state index in [2.05, 4.69) is 0 Å². The maximum absolute atomic E-state index is 10.9. The third-order valence-electron chi connectivity index (χ3n) is 2.99. The minimum absolute atomic E-state index is 0.323. The first-order valence-corrected chi connectivity index (χ1v) is 7.94. The summed E-state index contributed by atoms with van der Waals surface area (Å²) in [4.78, 5) is 21.4. The van der Waals surface area contributed by atoms with Crippen molar-refractivity contribution in [3.8, 4) is 0 Å². The predicted molar refractivity (Wildman–Crippen MR) is 68.8 cm³/mol. The van der Waals surface area contributed by atoms with Crippen LogP contribution < -0.4 is 0 Å². The molecule has 0 bridgehead atoms. The van der Waals surface area contributed by atoms with Crippen molar-refractivity contribution in [3.05, 3.63) is 0 Å². The Kier molecular flexibility index (Phi) is 8.57. The van der Waals surface area contributed by atoms with E-state index in [0.717, 1.165) is 0 Å². The molecular formula is C11H22O7Si. The zero-order chi connectivity index (χ0) is 14.9. The van der Waals surface area contributed by atoms with Crippen molar-refractivity contribution in [3.63, 3.8) is 0 Å². The van der Waals surface area contributed by atoms with Crippen LogP contribution >= 0.6 is 0 Å². The fourth-order valence-electron chi connectivity index (χ4n) is 1.81. The van der Waals surface area contributed by atoms with Gasteiger partial charge in [-0.1, -0.05) is 6.42 Å². The van der Waals surface area contributed by atoms with Crippen LogP contribution in [0.3, 0.4) is 0 Å². The Bertz CT molecular complexity index is 283. The highest BCUT2D eigenvalue weighted by Gasteiger charge is 2.36. The summed E-state index contributed by atoms with van der Waals surface area (Å²) < 4.78 is 15.7. The number of unbranched alkanes of at least 4 members (excludes halogenated alkanes) is 1. The molecule has 0 saturated carbocycles. The highest BCUT2D eigenvalue weighted by molar-refractivity contribution is 6.60. The zero-order valence-corrected chi connectivity index (χ0v) is 12.5. The normalized spacial score (nSPS) is 13.2. The summed E-state index contributed by atoms with van der Waals surface area (Å²) in [6.45, 7) is 0. The molecule has 1 unspecified atom stereocenters. The summed E-state index contributed by atoms with van der Waals surface area (Å²) in [7, 11) is 1.94. The van der Waals surface area contributed by atoms with Crippen LogP contribution in [0.15, 0.2) is 0 Å². The van der Waals surface area contributed by atoms with Crippen LogP contribution in [0.5, 0.6) is 0 Å². The van der Waals surface area contributed by atoms with Gasteiger partial charge >= 0.3 is 20.7 Å². The molecule has 0 aliphatic rings. The zero-order valence-electron chi connectivity index (χ0n) is 11.5. The second-order valence-corrected chi connectivity index (χ2v) is 7.26. The van der Waals surface area contributed by atoms with Gasteiger partial charge in [0.2, 0.25) is 0 Å². The van der Waals surface area contributed by atoms with Crippen molar-refractivity contribution < 1.29 is 33.1 Å². The first kappa shape index (κ1) is 18.0. The quantitative estimate of drug-likeness (QED) is 0.436. The summed E-state index contributed by atoms with van der Waals surface area (Å²) in [6.07, 6.45) is 1.24. The molecule has 0 aromatic heterocycles. The molecule has 1 atom stereocenters. The van der Waals surface area contributed by atoms with E-state index < -0.39 is 26.7 Å². The van der Waals surface area contributed by atoms with E-state index in [-0.39, 0.29) is 6.42 Å². The van der Waals surface area contributed by atoms with Gasteiger partial charge in [-0.05, 0) is 12.8 Å². The first-order valence-electron chi connectivity index (χ1n) is 6.00. The number of rotatable bonds is 11. The van der Waals surface area contributed by atoms with Gasteiger partial charge in [0.1, 0.15) is 0 Å². The average Bonchev–Trinajstić information content (AvgIpc) is 2.37. The molecule has 8 heteroatoms. The van der Waals surface area contributed by atoms with Gasteiger partial charge in [-0.3, -0.25) is 9.59 Å². The second-order valence-electron chi connectivity index (χ2n) is 4.17. The Hall–Kier alpha value is -0.963. The molecule has 19 heavy (non-hydrogen) atoms. The number of carboxylic acids is 2. The number of hydrogen-bond donors (Lipinski definition) is 2. The Morgan fingerprint density at radius 1 is 1.05 bits per heavy atom. The highest BCUT2D eigenvalue weighted by Crippen LogP contribution is 2.20. The summed E-state index contributed by atoms with van der Waals surface area (Å²) in [5.41, 5.74) is 0. The van der Waals surface area contributed by atoms with Gasteiger partial charge in [-0.2, -0.15) is 0 Å². The minimum atomic E-state index is -2.61. The molecule has 2 N–H and O–H groups in total. The number of carbonyl (C=O) groups is 2. The molecule has 0 heterocycles. The molecule has 0 fully saturated rings. The standard InChI is InChI=1S/C11H22O7Si/c1-16-19(17-2,18-3)7-5-4-6-9(11(14)15)8-10(12)13/h9H,4-8H2,1-3H3,(H,12,13)(H,14,15). The van der Waals surface area contributed by atoms with Gasteiger partial charge in [0.15, 0.2) is 0 Å².